The molecule has 19 heavy (non-hydrogen) atoms. The maximum absolute atomic E-state index is 10.9. The zero-order valence-corrected chi connectivity index (χ0v) is 11.3. The van der Waals surface area contributed by atoms with Gasteiger partial charge in [0.15, 0.2) is 0 Å². The van der Waals surface area contributed by atoms with Crippen LogP contribution in [-0.4, -0.2) is 49.4 Å². The van der Waals surface area contributed by atoms with Crippen LogP contribution in [-0.2, 0) is 0 Å². The normalized spacial score (nSPS) is 17.1. The quantitative estimate of drug-likeness (QED) is 0.477. The molecular formula is C13H19N4O2+. The second kappa shape index (κ2) is 5.79. The molecule has 0 unspecified atom stereocenters. The van der Waals surface area contributed by atoms with Crippen LogP contribution in [0, 0.1) is 17.0 Å². The number of aryl methyl sites for hydroxylation is 1. The Morgan fingerprint density at radius 3 is 2.74 bits per heavy atom. The Kier molecular flexibility index (Phi) is 4.11. The van der Waals surface area contributed by atoms with Crippen LogP contribution < -0.4 is 4.90 Å². The molecule has 0 saturated carbocycles. The zero-order valence-electron chi connectivity index (χ0n) is 11.3. The van der Waals surface area contributed by atoms with Crippen LogP contribution in [0.5, 0.6) is 0 Å². The summed E-state index contributed by atoms with van der Waals surface area (Å²) in [4.78, 5) is 12.0. The fourth-order valence-corrected chi connectivity index (χ4v) is 2.04. The fraction of sp³-hybridized carbons (Fsp3) is 0.462. The van der Waals surface area contributed by atoms with E-state index in [1.54, 1.807) is 25.3 Å². The molecule has 0 amide bonds. The summed E-state index contributed by atoms with van der Waals surface area (Å²) in [6.07, 6.45) is 1.70. The number of rotatable bonds is 3. The van der Waals surface area contributed by atoms with Crippen LogP contribution in [0.1, 0.15) is 11.1 Å². The van der Waals surface area contributed by atoms with E-state index in [1.165, 1.54) is 4.90 Å². The van der Waals surface area contributed by atoms with Gasteiger partial charge in [0.05, 0.1) is 44.4 Å². The number of piperazine rings is 1. The fourth-order valence-electron chi connectivity index (χ4n) is 2.04. The first-order valence-corrected chi connectivity index (χ1v) is 6.41. The number of quaternary nitrogens is 1. The molecule has 1 saturated heterocycles. The molecule has 0 bridgehead atoms. The summed E-state index contributed by atoms with van der Waals surface area (Å²) in [6.45, 7) is 5.74. The highest BCUT2D eigenvalue weighted by Gasteiger charge is 2.14. The molecule has 1 aromatic carbocycles. The van der Waals surface area contributed by atoms with E-state index < -0.39 is 0 Å². The van der Waals surface area contributed by atoms with Gasteiger partial charge >= 0.3 is 0 Å². The van der Waals surface area contributed by atoms with Gasteiger partial charge in [0.25, 0.3) is 5.69 Å². The lowest BCUT2D eigenvalue weighted by Gasteiger charge is -2.27. The number of benzene rings is 1. The molecule has 0 spiro atoms. The molecule has 102 valence electrons. The highest BCUT2D eigenvalue weighted by Crippen LogP contribution is 2.18. The predicted molar refractivity (Wildman–Crippen MR) is 73.6 cm³/mol. The van der Waals surface area contributed by atoms with E-state index in [4.69, 9.17) is 0 Å². The predicted octanol–water partition coefficient (Wildman–Crippen LogP) is 0.0674. The van der Waals surface area contributed by atoms with E-state index in [1.807, 2.05) is 11.1 Å². The van der Waals surface area contributed by atoms with E-state index >= 15 is 0 Å². The van der Waals surface area contributed by atoms with E-state index in [0.717, 1.165) is 31.7 Å². The molecule has 1 N–H and O–H groups in total. The maximum Gasteiger partial charge on any atom is 0.272 e. The second-order valence-electron chi connectivity index (χ2n) is 4.96. The first kappa shape index (κ1) is 13.5. The highest BCUT2D eigenvalue weighted by molar-refractivity contribution is 5.80. The molecule has 0 aromatic heterocycles. The lowest BCUT2D eigenvalue weighted by molar-refractivity contribution is -0.884. The molecule has 1 aliphatic rings. The number of likely N-dealkylation sites (N-methyl/N-ethyl adjacent to an activating group) is 1. The smallest absolute Gasteiger partial charge is 0.272 e. The van der Waals surface area contributed by atoms with Gasteiger partial charge in [0.1, 0.15) is 0 Å². The molecule has 2 rings (SSSR count). The van der Waals surface area contributed by atoms with Crippen molar-refractivity contribution in [2.75, 3.05) is 33.2 Å². The van der Waals surface area contributed by atoms with Gasteiger partial charge in [0.2, 0.25) is 0 Å². The Hall–Kier alpha value is -1.95. The number of nitro groups is 1. The zero-order chi connectivity index (χ0) is 13.8. The van der Waals surface area contributed by atoms with Gasteiger partial charge in [-0.2, -0.15) is 5.10 Å². The Morgan fingerprint density at radius 1 is 1.42 bits per heavy atom. The van der Waals surface area contributed by atoms with Crippen molar-refractivity contribution >= 4 is 11.9 Å². The molecule has 6 nitrogen and oxygen atoms in total. The Morgan fingerprint density at radius 2 is 2.11 bits per heavy atom. The number of hydrogen-bond donors (Lipinski definition) is 1. The van der Waals surface area contributed by atoms with Crippen molar-refractivity contribution in [3.05, 3.63) is 39.4 Å². The van der Waals surface area contributed by atoms with Gasteiger partial charge < -0.3 is 4.90 Å². The van der Waals surface area contributed by atoms with Crippen molar-refractivity contribution in [2.45, 2.75) is 6.92 Å². The standard InChI is InChI=1S/C13H18N4O2/c1-11-3-4-12(9-13(11)17(18)19)10-14-16-7-5-15(2)6-8-16/h3-4,9-10H,5-8H2,1-2H3/p+1/b14-10-. The topological polar surface area (TPSA) is 63.2 Å². The summed E-state index contributed by atoms with van der Waals surface area (Å²) in [5.41, 5.74) is 1.58. The number of nitrogens with zero attached hydrogens (tertiary/aromatic N) is 3. The number of hydrogen-bond acceptors (Lipinski definition) is 4. The Balaban J connectivity index is 2.06. The van der Waals surface area contributed by atoms with Crippen molar-refractivity contribution in [1.29, 1.82) is 0 Å². The summed E-state index contributed by atoms with van der Waals surface area (Å²) in [5, 5.41) is 17.3. The lowest BCUT2D eigenvalue weighted by Crippen LogP contribution is -3.11. The molecule has 1 aromatic rings. The van der Waals surface area contributed by atoms with Crippen molar-refractivity contribution in [1.82, 2.24) is 5.01 Å². The second-order valence-corrected chi connectivity index (χ2v) is 4.96. The number of nitrogens with one attached hydrogen (secondary N) is 1. The molecule has 6 heteroatoms. The molecule has 0 radical (unpaired) electrons. The van der Waals surface area contributed by atoms with Gasteiger partial charge in [-0.05, 0) is 6.92 Å². The van der Waals surface area contributed by atoms with Gasteiger partial charge in [0, 0.05) is 17.2 Å². The first-order chi connectivity index (χ1) is 9.06. The van der Waals surface area contributed by atoms with Crippen LogP contribution in [0.3, 0.4) is 0 Å². The third-order valence-electron chi connectivity index (χ3n) is 3.39. The van der Waals surface area contributed by atoms with E-state index in [-0.39, 0.29) is 10.6 Å². The Labute approximate surface area is 112 Å². The highest BCUT2D eigenvalue weighted by atomic mass is 16.6. The third-order valence-corrected chi connectivity index (χ3v) is 3.39. The van der Waals surface area contributed by atoms with E-state index in [2.05, 4.69) is 12.1 Å². The first-order valence-electron chi connectivity index (χ1n) is 6.41. The van der Waals surface area contributed by atoms with E-state index in [9.17, 15) is 10.1 Å². The lowest BCUT2D eigenvalue weighted by atomic mass is 10.1. The summed E-state index contributed by atoms with van der Waals surface area (Å²) in [6, 6.07) is 5.18. The van der Waals surface area contributed by atoms with Crippen molar-refractivity contribution in [3.8, 4) is 0 Å². The number of nitro benzene ring substituents is 1. The van der Waals surface area contributed by atoms with Crippen LogP contribution in [0.25, 0.3) is 0 Å². The van der Waals surface area contributed by atoms with Crippen molar-refractivity contribution in [2.24, 2.45) is 5.10 Å². The average molecular weight is 263 g/mol. The van der Waals surface area contributed by atoms with Gasteiger partial charge in [-0.3, -0.25) is 15.1 Å². The molecule has 0 atom stereocenters. The van der Waals surface area contributed by atoms with Crippen LogP contribution in [0.15, 0.2) is 23.3 Å². The molecular weight excluding hydrogens is 244 g/mol. The average Bonchev–Trinajstić information content (AvgIpc) is 2.39. The van der Waals surface area contributed by atoms with Crippen molar-refractivity contribution in [3.63, 3.8) is 0 Å². The minimum atomic E-state index is -0.355. The minimum Gasteiger partial charge on any atom is -0.334 e. The third kappa shape index (κ3) is 3.51. The molecule has 1 fully saturated rings. The minimum absolute atomic E-state index is 0.145. The van der Waals surface area contributed by atoms with E-state index in [0.29, 0.717) is 5.56 Å². The van der Waals surface area contributed by atoms with Gasteiger partial charge in [-0.25, -0.2) is 0 Å². The Bertz CT molecular complexity index is 493. The largest absolute Gasteiger partial charge is 0.334 e. The summed E-state index contributed by atoms with van der Waals surface area (Å²) in [7, 11) is 2.17. The van der Waals surface area contributed by atoms with Crippen LogP contribution in [0.4, 0.5) is 5.69 Å². The summed E-state index contributed by atoms with van der Waals surface area (Å²) >= 11 is 0. The monoisotopic (exact) mass is 263 g/mol. The van der Waals surface area contributed by atoms with Crippen LogP contribution >= 0.6 is 0 Å². The molecule has 1 heterocycles. The number of hydrazone groups is 1. The maximum atomic E-state index is 10.9. The summed E-state index contributed by atoms with van der Waals surface area (Å²) < 4.78 is 0. The molecule has 1 aliphatic heterocycles. The molecule has 0 aliphatic carbocycles. The van der Waals surface area contributed by atoms with Gasteiger partial charge in [-0.1, -0.05) is 12.1 Å². The van der Waals surface area contributed by atoms with Crippen molar-refractivity contribution < 1.29 is 9.82 Å². The van der Waals surface area contributed by atoms with Gasteiger partial charge in [-0.15, -0.1) is 0 Å². The van der Waals surface area contributed by atoms with Crippen LogP contribution in [0.2, 0.25) is 0 Å². The summed E-state index contributed by atoms with van der Waals surface area (Å²) in [5.74, 6) is 0. The SMILES string of the molecule is Cc1ccc(/C=N\N2CC[NH+](C)CC2)cc1[N+](=O)[O-].